The molecule has 0 aliphatic rings. The highest BCUT2D eigenvalue weighted by atomic mass is 35.5. The number of halogens is 1. The molecule has 0 spiro atoms. The Bertz CT molecular complexity index is 913. The number of hydrogen-bond donors (Lipinski definition) is 2. The maximum atomic E-state index is 12.3. The van der Waals surface area contributed by atoms with Crippen molar-refractivity contribution in [1.82, 2.24) is 4.98 Å². The normalized spacial score (nSPS) is 10.1. The Morgan fingerprint density at radius 1 is 0.840 bits per heavy atom. The fraction of sp³-hybridized carbons (Fsp3) is 0. The van der Waals surface area contributed by atoms with Gasteiger partial charge in [0.15, 0.2) is 0 Å². The second-order valence-electron chi connectivity index (χ2n) is 5.21. The molecule has 124 valence electrons. The van der Waals surface area contributed by atoms with E-state index in [4.69, 9.17) is 11.6 Å². The minimum atomic E-state index is -0.318. The maximum absolute atomic E-state index is 12.3. The molecule has 6 heteroatoms. The molecule has 2 amide bonds. The summed E-state index contributed by atoms with van der Waals surface area (Å²) in [6.07, 6.45) is 3.08. The van der Waals surface area contributed by atoms with Crippen LogP contribution >= 0.6 is 11.6 Å². The summed E-state index contributed by atoms with van der Waals surface area (Å²) in [5, 5.41) is 5.91. The van der Waals surface area contributed by atoms with E-state index in [1.807, 2.05) is 0 Å². The average molecular weight is 352 g/mol. The summed E-state index contributed by atoms with van der Waals surface area (Å²) in [6, 6.07) is 17.0. The number of anilines is 2. The Labute approximate surface area is 149 Å². The summed E-state index contributed by atoms with van der Waals surface area (Å²) in [7, 11) is 0. The lowest BCUT2D eigenvalue weighted by atomic mass is 10.2. The van der Waals surface area contributed by atoms with Crippen molar-refractivity contribution >= 4 is 34.8 Å². The summed E-state index contributed by atoms with van der Waals surface area (Å²) in [6.45, 7) is 0. The van der Waals surface area contributed by atoms with Gasteiger partial charge in [-0.25, -0.2) is 0 Å². The Balaban J connectivity index is 1.72. The van der Waals surface area contributed by atoms with Crippen LogP contribution in [0.4, 0.5) is 11.4 Å². The van der Waals surface area contributed by atoms with Gasteiger partial charge in [-0.1, -0.05) is 29.8 Å². The van der Waals surface area contributed by atoms with Crippen LogP contribution in [0.1, 0.15) is 20.7 Å². The standard InChI is InChI=1S/C19H14ClN3O2/c20-17-9-2-1-8-16(17)19(25)23-15-7-3-6-14(11-15)22-18(24)13-5-4-10-21-12-13/h1-12H,(H,22,24)(H,23,25). The van der Waals surface area contributed by atoms with Gasteiger partial charge in [0.1, 0.15) is 0 Å². The minimum Gasteiger partial charge on any atom is -0.322 e. The quantitative estimate of drug-likeness (QED) is 0.738. The van der Waals surface area contributed by atoms with Crippen LogP contribution in [0, 0.1) is 0 Å². The Hall–Kier alpha value is -3.18. The number of nitrogens with zero attached hydrogens (tertiary/aromatic N) is 1. The molecule has 0 bridgehead atoms. The molecule has 0 unspecified atom stereocenters. The van der Waals surface area contributed by atoms with Crippen molar-refractivity contribution in [1.29, 1.82) is 0 Å². The molecule has 5 nitrogen and oxygen atoms in total. The van der Waals surface area contributed by atoms with Crippen LogP contribution in [-0.2, 0) is 0 Å². The zero-order valence-corrected chi connectivity index (χ0v) is 13.8. The molecular weight excluding hydrogens is 338 g/mol. The van der Waals surface area contributed by atoms with Crippen molar-refractivity contribution in [2.75, 3.05) is 10.6 Å². The number of carbonyl (C=O) groups excluding carboxylic acids is 2. The predicted molar refractivity (Wildman–Crippen MR) is 98.0 cm³/mol. The van der Waals surface area contributed by atoms with Gasteiger partial charge in [-0.2, -0.15) is 0 Å². The lowest BCUT2D eigenvalue weighted by Gasteiger charge is -2.09. The molecule has 1 aromatic heterocycles. The van der Waals surface area contributed by atoms with Gasteiger partial charge in [0, 0.05) is 23.8 Å². The first-order valence-corrected chi connectivity index (χ1v) is 7.88. The van der Waals surface area contributed by atoms with Crippen LogP contribution < -0.4 is 10.6 Å². The first kappa shape index (κ1) is 16.7. The molecule has 0 aliphatic carbocycles. The maximum Gasteiger partial charge on any atom is 0.257 e. The fourth-order valence-corrected chi connectivity index (χ4v) is 2.44. The summed E-state index contributed by atoms with van der Waals surface area (Å²) < 4.78 is 0. The smallest absolute Gasteiger partial charge is 0.257 e. The zero-order valence-electron chi connectivity index (χ0n) is 13.1. The van der Waals surface area contributed by atoms with Crippen LogP contribution in [0.3, 0.4) is 0 Å². The highest BCUT2D eigenvalue weighted by Gasteiger charge is 2.11. The summed E-state index contributed by atoms with van der Waals surface area (Å²) >= 11 is 6.03. The molecular formula is C19H14ClN3O2. The van der Waals surface area contributed by atoms with Gasteiger partial charge in [-0.3, -0.25) is 14.6 Å². The topological polar surface area (TPSA) is 71.1 Å². The molecule has 0 radical (unpaired) electrons. The highest BCUT2D eigenvalue weighted by Crippen LogP contribution is 2.19. The van der Waals surface area contributed by atoms with Crippen LogP contribution in [0.25, 0.3) is 0 Å². The molecule has 0 fully saturated rings. The van der Waals surface area contributed by atoms with E-state index in [0.717, 1.165) is 0 Å². The van der Waals surface area contributed by atoms with Gasteiger partial charge in [-0.15, -0.1) is 0 Å². The van der Waals surface area contributed by atoms with E-state index in [2.05, 4.69) is 15.6 Å². The number of amides is 2. The first-order valence-electron chi connectivity index (χ1n) is 7.51. The van der Waals surface area contributed by atoms with Crippen LogP contribution in [0.15, 0.2) is 73.1 Å². The highest BCUT2D eigenvalue weighted by molar-refractivity contribution is 6.34. The third-order valence-corrected chi connectivity index (χ3v) is 3.75. The monoisotopic (exact) mass is 351 g/mol. The lowest BCUT2D eigenvalue weighted by Crippen LogP contribution is -2.14. The molecule has 3 aromatic rings. The van der Waals surface area contributed by atoms with E-state index in [1.54, 1.807) is 66.9 Å². The molecule has 1 heterocycles. The van der Waals surface area contributed by atoms with Crippen molar-refractivity contribution in [3.05, 3.63) is 89.2 Å². The van der Waals surface area contributed by atoms with Crippen LogP contribution in [0.2, 0.25) is 5.02 Å². The summed E-state index contributed by atoms with van der Waals surface area (Å²) in [4.78, 5) is 28.4. The lowest BCUT2D eigenvalue weighted by molar-refractivity contribution is 0.101. The van der Waals surface area contributed by atoms with Gasteiger partial charge in [0.25, 0.3) is 11.8 Å². The fourth-order valence-electron chi connectivity index (χ4n) is 2.22. The number of rotatable bonds is 4. The van der Waals surface area contributed by atoms with Gasteiger partial charge in [0.05, 0.1) is 16.1 Å². The molecule has 0 aliphatic heterocycles. The molecule has 0 saturated carbocycles. The largest absolute Gasteiger partial charge is 0.322 e. The second-order valence-corrected chi connectivity index (χ2v) is 5.62. The molecule has 3 rings (SSSR count). The zero-order chi connectivity index (χ0) is 17.6. The van der Waals surface area contributed by atoms with Crippen molar-refractivity contribution in [3.8, 4) is 0 Å². The Morgan fingerprint density at radius 3 is 2.24 bits per heavy atom. The minimum absolute atomic E-state index is 0.275. The number of nitrogens with one attached hydrogen (secondary N) is 2. The van der Waals surface area contributed by atoms with Crippen molar-refractivity contribution in [3.63, 3.8) is 0 Å². The summed E-state index contributed by atoms with van der Waals surface area (Å²) in [5.41, 5.74) is 1.95. The molecule has 0 saturated heterocycles. The summed E-state index contributed by atoms with van der Waals surface area (Å²) in [5.74, 6) is -0.594. The second kappa shape index (κ2) is 7.59. The molecule has 2 N–H and O–H groups in total. The Kier molecular flexibility index (Phi) is 5.06. The van der Waals surface area contributed by atoms with E-state index >= 15 is 0 Å². The third kappa shape index (κ3) is 4.22. The van der Waals surface area contributed by atoms with Crippen molar-refractivity contribution in [2.24, 2.45) is 0 Å². The Morgan fingerprint density at radius 2 is 1.56 bits per heavy atom. The number of hydrogen-bond acceptors (Lipinski definition) is 3. The third-order valence-electron chi connectivity index (χ3n) is 3.42. The van der Waals surface area contributed by atoms with Gasteiger partial charge < -0.3 is 10.6 Å². The first-order chi connectivity index (χ1) is 12.1. The number of pyridine rings is 1. The van der Waals surface area contributed by atoms with Crippen LogP contribution in [-0.4, -0.2) is 16.8 Å². The van der Waals surface area contributed by atoms with E-state index < -0.39 is 0 Å². The SMILES string of the molecule is O=C(Nc1cccc(NC(=O)c2ccccc2Cl)c1)c1cccnc1. The number of benzene rings is 2. The number of aromatic nitrogens is 1. The van der Waals surface area contributed by atoms with Crippen LogP contribution in [0.5, 0.6) is 0 Å². The van der Waals surface area contributed by atoms with Gasteiger partial charge >= 0.3 is 0 Å². The van der Waals surface area contributed by atoms with E-state index in [9.17, 15) is 9.59 Å². The van der Waals surface area contributed by atoms with E-state index in [0.29, 0.717) is 27.5 Å². The van der Waals surface area contributed by atoms with Gasteiger partial charge in [0.2, 0.25) is 0 Å². The predicted octanol–water partition coefficient (Wildman–Crippen LogP) is 4.24. The molecule has 0 atom stereocenters. The molecule has 2 aromatic carbocycles. The number of carbonyl (C=O) groups is 2. The van der Waals surface area contributed by atoms with E-state index in [-0.39, 0.29) is 11.8 Å². The van der Waals surface area contributed by atoms with Gasteiger partial charge in [-0.05, 0) is 42.5 Å². The van der Waals surface area contributed by atoms with Crippen molar-refractivity contribution in [2.45, 2.75) is 0 Å². The van der Waals surface area contributed by atoms with E-state index in [1.165, 1.54) is 6.20 Å². The van der Waals surface area contributed by atoms with Crippen molar-refractivity contribution < 1.29 is 9.59 Å². The molecule has 25 heavy (non-hydrogen) atoms. The average Bonchev–Trinajstić information content (AvgIpc) is 2.63.